The lowest BCUT2D eigenvalue weighted by Gasteiger charge is -2.11. The Hall–Kier alpha value is -3.19. The van der Waals surface area contributed by atoms with Gasteiger partial charge in [-0.3, -0.25) is 4.98 Å². The Morgan fingerprint density at radius 2 is 1.00 bits per heavy atom. The molecule has 4 rings (SSSR count). The SMILES string of the molecule is Cc1cccc(-c2cc(-c3ccccc3)cc(-c3ccccc3)c2)n1. The van der Waals surface area contributed by atoms with E-state index < -0.39 is 0 Å². The van der Waals surface area contributed by atoms with Crippen LogP contribution in [-0.4, -0.2) is 4.98 Å². The minimum atomic E-state index is 1.01. The molecule has 0 fully saturated rings. The molecule has 0 atom stereocenters. The molecule has 0 aliphatic heterocycles. The van der Waals surface area contributed by atoms with Crippen LogP contribution in [0.4, 0.5) is 0 Å². The molecule has 1 aromatic heterocycles. The zero-order valence-electron chi connectivity index (χ0n) is 14.2. The Bertz CT molecular complexity index is 931. The topological polar surface area (TPSA) is 12.9 Å². The summed E-state index contributed by atoms with van der Waals surface area (Å²) in [6.07, 6.45) is 0. The lowest BCUT2D eigenvalue weighted by atomic mass is 9.95. The molecule has 0 amide bonds. The van der Waals surface area contributed by atoms with Crippen molar-refractivity contribution in [1.29, 1.82) is 0 Å². The molecular formula is C24H19N. The molecule has 0 unspecified atom stereocenters. The zero-order chi connectivity index (χ0) is 17.1. The molecule has 0 aliphatic rings. The van der Waals surface area contributed by atoms with Crippen LogP contribution >= 0.6 is 0 Å². The number of rotatable bonds is 3. The van der Waals surface area contributed by atoms with Gasteiger partial charge in [-0.05, 0) is 59.5 Å². The summed E-state index contributed by atoms with van der Waals surface area (Å²) < 4.78 is 0. The van der Waals surface area contributed by atoms with Gasteiger partial charge in [-0.25, -0.2) is 0 Å². The normalized spacial score (nSPS) is 10.6. The first kappa shape index (κ1) is 15.3. The van der Waals surface area contributed by atoms with Crippen molar-refractivity contribution >= 4 is 0 Å². The van der Waals surface area contributed by atoms with Gasteiger partial charge >= 0.3 is 0 Å². The van der Waals surface area contributed by atoms with Crippen LogP contribution < -0.4 is 0 Å². The minimum Gasteiger partial charge on any atom is -0.253 e. The van der Waals surface area contributed by atoms with E-state index in [1.807, 2.05) is 25.1 Å². The number of aryl methyl sites for hydroxylation is 1. The van der Waals surface area contributed by atoms with E-state index in [0.29, 0.717) is 0 Å². The van der Waals surface area contributed by atoms with Gasteiger partial charge in [0.1, 0.15) is 0 Å². The third kappa shape index (κ3) is 3.36. The summed E-state index contributed by atoms with van der Waals surface area (Å²) in [5.41, 5.74) is 8.03. The molecule has 25 heavy (non-hydrogen) atoms. The Kier molecular flexibility index (Phi) is 4.14. The van der Waals surface area contributed by atoms with Gasteiger partial charge in [0.05, 0.1) is 5.69 Å². The molecule has 1 nitrogen and oxygen atoms in total. The van der Waals surface area contributed by atoms with Gasteiger partial charge in [-0.1, -0.05) is 66.7 Å². The van der Waals surface area contributed by atoms with Gasteiger partial charge in [0.25, 0.3) is 0 Å². The maximum Gasteiger partial charge on any atom is 0.0705 e. The fourth-order valence-electron chi connectivity index (χ4n) is 3.07. The standard InChI is InChI=1S/C24H19N/c1-18-9-8-14-24(25-18)23-16-21(19-10-4-2-5-11-19)15-22(17-23)20-12-6-3-7-13-20/h2-17H,1H3. The van der Waals surface area contributed by atoms with Crippen molar-refractivity contribution in [3.63, 3.8) is 0 Å². The van der Waals surface area contributed by atoms with Crippen LogP contribution in [0.3, 0.4) is 0 Å². The molecule has 1 heterocycles. The lowest BCUT2D eigenvalue weighted by molar-refractivity contribution is 1.21. The number of nitrogens with zero attached hydrogens (tertiary/aromatic N) is 1. The summed E-state index contributed by atoms with van der Waals surface area (Å²) in [6.45, 7) is 2.03. The van der Waals surface area contributed by atoms with Crippen LogP contribution in [-0.2, 0) is 0 Å². The maximum absolute atomic E-state index is 4.71. The molecule has 0 radical (unpaired) electrons. The minimum absolute atomic E-state index is 1.01. The van der Waals surface area contributed by atoms with Gasteiger partial charge in [0, 0.05) is 11.3 Å². The average Bonchev–Trinajstić information content (AvgIpc) is 2.69. The monoisotopic (exact) mass is 321 g/mol. The smallest absolute Gasteiger partial charge is 0.0705 e. The van der Waals surface area contributed by atoms with Gasteiger partial charge in [0.15, 0.2) is 0 Å². The first-order valence-electron chi connectivity index (χ1n) is 8.49. The summed E-state index contributed by atoms with van der Waals surface area (Å²) in [4.78, 5) is 4.71. The summed E-state index contributed by atoms with van der Waals surface area (Å²) in [6, 6.07) is 33.9. The molecule has 0 N–H and O–H groups in total. The first-order valence-corrected chi connectivity index (χ1v) is 8.49. The molecule has 1 heteroatoms. The highest BCUT2D eigenvalue weighted by molar-refractivity contribution is 5.80. The molecule has 4 aromatic rings. The molecule has 3 aromatic carbocycles. The second-order valence-electron chi connectivity index (χ2n) is 6.20. The summed E-state index contributed by atoms with van der Waals surface area (Å²) >= 11 is 0. The average molecular weight is 321 g/mol. The summed E-state index contributed by atoms with van der Waals surface area (Å²) in [7, 11) is 0. The number of benzene rings is 3. The molecule has 0 aliphatic carbocycles. The van der Waals surface area contributed by atoms with Crippen LogP contribution in [0.2, 0.25) is 0 Å². The van der Waals surface area contributed by atoms with E-state index in [0.717, 1.165) is 17.0 Å². The molecule has 0 bridgehead atoms. The fraction of sp³-hybridized carbons (Fsp3) is 0.0417. The van der Waals surface area contributed by atoms with Crippen molar-refractivity contribution in [2.45, 2.75) is 6.92 Å². The lowest BCUT2D eigenvalue weighted by Crippen LogP contribution is -1.89. The van der Waals surface area contributed by atoms with E-state index in [1.54, 1.807) is 0 Å². The van der Waals surface area contributed by atoms with E-state index in [2.05, 4.69) is 78.9 Å². The molecule has 0 spiro atoms. The number of hydrogen-bond donors (Lipinski definition) is 0. The second-order valence-corrected chi connectivity index (χ2v) is 6.20. The third-order valence-corrected chi connectivity index (χ3v) is 4.33. The van der Waals surface area contributed by atoms with Gasteiger partial charge in [-0.2, -0.15) is 0 Å². The highest BCUT2D eigenvalue weighted by Gasteiger charge is 2.08. The highest BCUT2D eigenvalue weighted by atomic mass is 14.7. The quantitative estimate of drug-likeness (QED) is 0.426. The van der Waals surface area contributed by atoms with E-state index in [9.17, 15) is 0 Å². The van der Waals surface area contributed by atoms with E-state index in [-0.39, 0.29) is 0 Å². The summed E-state index contributed by atoms with van der Waals surface area (Å²) in [5.74, 6) is 0. The Morgan fingerprint density at radius 1 is 0.480 bits per heavy atom. The zero-order valence-corrected chi connectivity index (χ0v) is 14.2. The molecule has 0 saturated heterocycles. The van der Waals surface area contributed by atoms with Gasteiger partial charge in [-0.15, -0.1) is 0 Å². The number of aromatic nitrogens is 1. The van der Waals surface area contributed by atoms with Crippen molar-refractivity contribution in [3.8, 4) is 33.5 Å². The second kappa shape index (κ2) is 6.74. The van der Waals surface area contributed by atoms with E-state index >= 15 is 0 Å². The molecule has 120 valence electrons. The molecule has 0 saturated carbocycles. The Balaban J connectivity index is 1.92. The highest BCUT2D eigenvalue weighted by Crippen LogP contribution is 2.32. The molecular weight excluding hydrogens is 302 g/mol. The van der Waals surface area contributed by atoms with Gasteiger partial charge < -0.3 is 0 Å². The van der Waals surface area contributed by atoms with Crippen molar-refractivity contribution in [3.05, 3.63) is 103 Å². The van der Waals surface area contributed by atoms with Crippen molar-refractivity contribution in [2.24, 2.45) is 0 Å². The Morgan fingerprint density at radius 3 is 1.52 bits per heavy atom. The maximum atomic E-state index is 4.71. The fourth-order valence-corrected chi connectivity index (χ4v) is 3.07. The third-order valence-electron chi connectivity index (χ3n) is 4.33. The van der Waals surface area contributed by atoms with Crippen molar-refractivity contribution in [2.75, 3.05) is 0 Å². The van der Waals surface area contributed by atoms with Crippen LogP contribution in [0, 0.1) is 6.92 Å². The van der Waals surface area contributed by atoms with Crippen LogP contribution in [0.25, 0.3) is 33.5 Å². The number of hydrogen-bond acceptors (Lipinski definition) is 1. The summed E-state index contributed by atoms with van der Waals surface area (Å²) in [5, 5.41) is 0. The largest absolute Gasteiger partial charge is 0.253 e. The van der Waals surface area contributed by atoms with Crippen LogP contribution in [0.15, 0.2) is 97.1 Å². The van der Waals surface area contributed by atoms with E-state index in [4.69, 9.17) is 4.98 Å². The van der Waals surface area contributed by atoms with Crippen LogP contribution in [0.5, 0.6) is 0 Å². The van der Waals surface area contributed by atoms with E-state index in [1.165, 1.54) is 22.3 Å². The van der Waals surface area contributed by atoms with Crippen molar-refractivity contribution < 1.29 is 0 Å². The number of pyridine rings is 1. The Labute approximate surface area is 148 Å². The predicted molar refractivity (Wildman–Crippen MR) is 105 cm³/mol. The van der Waals surface area contributed by atoms with Crippen LogP contribution in [0.1, 0.15) is 5.69 Å². The predicted octanol–water partition coefficient (Wildman–Crippen LogP) is 6.39. The van der Waals surface area contributed by atoms with Gasteiger partial charge in [0.2, 0.25) is 0 Å². The first-order chi connectivity index (χ1) is 12.3. The van der Waals surface area contributed by atoms with Crippen molar-refractivity contribution in [1.82, 2.24) is 4.98 Å².